The molecule has 0 unspecified atom stereocenters. The number of hydrogen-bond donors (Lipinski definition) is 0. The molecule has 2 rings (SSSR count). The van der Waals surface area contributed by atoms with Crippen LogP contribution in [0.3, 0.4) is 0 Å². The van der Waals surface area contributed by atoms with E-state index in [1.54, 1.807) is 17.1 Å². The van der Waals surface area contributed by atoms with E-state index in [1.165, 1.54) is 25.3 Å². The smallest absolute Gasteiger partial charge is 0.338 e. The lowest BCUT2D eigenvalue weighted by Crippen LogP contribution is -2.21. The molecule has 0 spiro atoms. The summed E-state index contributed by atoms with van der Waals surface area (Å²) < 4.78 is 6.49. The van der Waals surface area contributed by atoms with Gasteiger partial charge in [-0.25, -0.2) is 4.79 Å². The molecule has 2 aromatic rings. The predicted octanol–water partition coefficient (Wildman–Crippen LogP) is 3.00. The molecule has 22 heavy (non-hydrogen) atoms. The number of hydrogen-bond acceptors (Lipinski definition) is 5. The van der Waals surface area contributed by atoms with Crippen LogP contribution >= 0.6 is 0 Å². The number of carbonyl (C=O) groups is 1. The maximum Gasteiger partial charge on any atom is 0.338 e. The Hall–Kier alpha value is -2.70. The molecule has 0 N–H and O–H groups in total. The number of aromatic nitrogens is 2. The number of nitrogens with zero attached hydrogens (tertiary/aromatic N) is 3. The Labute approximate surface area is 127 Å². The first kappa shape index (κ1) is 15.7. The molecule has 0 fully saturated rings. The first-order valence-electron chi connectivity index (χ1n) is 6.66. The molecule has 0 radical (unpaired) electrons. The van der Waals surface area contributed by atoms with Gasteiger partial charge in [-0.15, -0.1) is 0 Å². The van der Waals surface area contributed by atoms with Gasteiger partial charge in [0.1, 0.15) is 0 Å². The summed E-state index contributed by atoms with van der Waals surface area (Å²) in [6, 6.07) is 4.11. The summed E-state index contributed by atoms with van der Waals surface area (Å²) in [6.45, 7) is 6.00. The number of nitro groups is 1. The average Bonchev–Trinajstić information content (AvgIpc) is 2.95. The van der Waals surface area contributed by atoms with Gasteiger partial charge in [0.15, 0.2) is 0 Å². The number of nitro benzene ring substituents is 1. The van der Waals surface area contributed by atoms with E-state index in [0.29, 0.717) is 11.1 Å². The van der Waals surface area contributed by atoms with E-state index >= 15 is 0 Å². The van der Waals surface area contributed by atoms with Gasteiger partial charge in [-0.3, -0.25) is 14.8 Å². The summed E-state index contributed by atoms with van der Waals surface area (Å²) >= 11 is 0. The SMILES string of the molecule is COC(=O)c1cc([N+](=O)[O-])ccc1-c1cnn(C(C)(C)C)c1. The van der Waals surface area contributed by atoms with Crippen molar-refractivity contribution < 1.29 is 14.5 Å². The highest BCUT2D eigenvalue weighted by atomic mass is 16.6. The zero-order valence-electron chi connectivity index (χ0n) is 12.9. The predicted molar refractivity (Wildman–Crippen MR) is 80.7 cm³/mol. The molecule has 1 aromatic carbocycles. The van der Waals surface area contributed by atoms with E-state index < -0.39 is 10.9 Å². The fraction of sp³-hybridized carbons (Fsp3) is 0.333. The molecule has 0 atom stereocenters. The third-order valence-corrected chi connectivity index (χ3v) is 3.20. The molecule has 116 valence electrons. The minimum atomic E-state index is -0.623. The number of benzene rings is 1. The van der Waals surface area contributed by atoms with Gasteiger partial charge in [0.25, 0.3) is 5.69 Å². The summed E-state index contributed by atoms with van der Waals surface area (Å²) in [5.41, 5.74) is 1.03. The summed E-state index contributed by atoms with van der Waals surface area (Å²) in [6.07, 6.45) is 3.42. The van der Waals surface area contributed by atoms with Crippen molar-refractivity contribution in [1.29, 1.82) is 0 Å². The van der Waals surface area contributed by atoms with Crippen LogP contribution < -0.4 is 0 Å². The zero-order valence-corrected chi connectivity index (χ0v) is 12.9. The van der Waals surface area contributed by atoms with Crippen LogP contribution in [-0.2, 0) is 10.3 Å². The molecule has 0 saturated heterocycles. The minimum Gasteiger partial charge on any atom is -0.465 e. The van der Waals surface area contributed by atoms with Crippen molar-refractivity contribution in [2.75, 3.05) is 7.11 Å². The first-order chi connectivity index (χ1) is 10.2. The van der Waals surface area contributed by atoms with Crippen molar-refractivity contribution in [1.82, 2.24) is 9.78 Å². The van der Waals surface area contributed by atoms with Crippen molar-refractivity contribution in [3.05, 3.63) is 46.3 Å². The van der Waals surface area contributed by atoms with Gasteiger partial charge in [0.05, 0.1) is 29.3 Å². The van der Waals surface area contributed by atoms with E-state index in [0.717, 1.165) is 0 Å². The monoisotopic (exact) mass is 303 g/mol. The number of esters is 1. The normalized spacial score (nSPS) is 11.3. The molecule has 0 bridgehead atoms. The van der Waals surface area contributed by atoms with E-state index in [4.69, 9.17) is 4.74 Å². The van der Waals surface area contributed by atoms with Crippen LogP contribution in [0.15, 0.2) is 30.6 Å². The van der Waals surface area contributed by atoms with E-state index in [9.17, 15) is 14.9 Å². The zero-order chi connectivity index (χ0) is 16.5. The van der Waals surface area contributed by atoms with Gasteiger partial charge in [-0.1, -0.05) is 0 Å². The van der Waals surface area contributed by atoms with Crippen molar-refractivity contribution >= 4 is 11.7 Å². The first-order valence-corrected chi connectivity index (χ1v) is 6.66. The fourth-order valence-corrected chi connectivity index (χ4v) is 2.01. The topological polar surface area (TPSA) is 87.3 Å². The van der Waals surface area contributed by atoms with Crippen molar-refractivity contribution in [2.24, 2.45) is 0 Å². The molecule has 0 saturated carbocycles. The largest absolute Gasteiger partial charge is 0.465 e. The van der Waals surface area contributed by atoms with Crippen LogP contribution in [0.2, 0.25) is 0 Å². The van der Waals surface area contributed by atoms with E-state index in [-0.39, 0.29) is 16.8 Å². The third-order valence-electron chi connectivity index (χ3n) is 3.20. The number of non-ortho nitro benzene ring substituents is 1. The molecule has 0 aliphatic heterocycles. The van der Waals surface area contributed by atoms with Crippen LogP contribution in [0.5, 0.6) is 0 Å². The highest BCUT2D eigenvalue weighted by molar-refractivity contribution is 5.97. The van der Waals surface area contributed by atoms with Crippen LogP contribution in [0.1, 0.15) is 31.1 Å². The lowest BCUT2D eigenvalue weighted by molar-refractivity contribution is -0.384. The van der Waals surface area contributed by atoms with E-state index in [1.807, 2.05) is 20.8 Å². The fourth-order valence-electron chi connectivity index (χ4n) is 2.01. The molecule has 0 aliphatic carbocycles. The number of methoxy groups -OCH3 is 1. The van der Waals surface area contributed by atoms with Crippen molar-refractivity contribution in [3.63, 3.8) is 0 Å². The second kappa shape index (κ2) is 5.59. The molecule has 1 aromatic heterocycles. The Morgan fingerprint density at radius 2 is 2.05 bits per heavy atom. The molecule has 0 aliphatic rings. The number of ether oxygens (including phenoxy) is 1. The summed E-state index contributed by atoms with van der Waals surface area (Å²) in [5.74, 6) is -0.623. The van der Waals surface area contributed by atoms with Gasteiger partial charge in [-0.2, -0.15) is 5.10 Å². The summed E-state index contributed by atoms with van der Waals surface area (Å²) in [4.78, 5) is 22.3. The van der Waals surface area contributed by atoms with Crippen LogP contribution in [0, 0.1) is 10.1 Å². The average molecular weight is 303 g/mol. The highest BCUT2D eigenvalue weighted by Gasteiger charge is 2.21. The second-order valence-corrected chi connectivity index (χ2v) is 5.82. The highest BCUT2D eigenvalue weighted by Crippen LogP contribution is 2.29. The summed E-state index contributed by atoms with van der Waals surface area (Å²) in [7, 11) is 1.24. The van der Waals surface area contributed by atoms with Gasteiger partial charge < -0.3 is 4.74 Å². The Bertz CT molecular complexity index is 729. The van der Waals surface area contributed by atoms with Gasteiger partial charge in [-0.05, 0) is 32.4 Å². The van der Waals surface area contributed by atoms with Crippen LogP contribution in [0.4, 0.5) is 5.69 Å². The van der Waals surface area contributed by atoms with Crippen LogP contribution in [-0.4, -0.2) is 27.8 Å². The molecule has 7 nitrogen and oxygen atoms in total. The maximum absolute atomic E-state index is 11.9. The standard InChI is InChI=1S/C15H17N3O4/c1-15(2,3)17-9-10(8-16-17)12-6-5-11(18(20)21)7-13(12)14(19)22-4/h5-9H,1-4H3. The molecule has 1 heterocycles. The van der Waals surface area contributed by atoms with Gasteiger partial charge >= 0.3 is 5.97 Å². The quantitative estimate of drug-likeness (QED) is 0.494. The molecule has 7 heteroatoms. The van der Waals surface area contributed by atoms with Gasteiger partial charge in [0.2, 0.25) is 0 Å². The second-order valence-electron chi connectivity index (χ2n) is 5.82. The Balaban J connectivity index is 2.57. The van der Waals surface area contributed by atoms with E-state index in [2.05, 4.69) is 5.10 Å². The third kappa shape index (κ3) is 2.98. The molecular weight excluding hydrogens is 286 g/mol. The number of rotatable bonds is 3. The molecule has 0 amide bonds. The lowest BCUT2D eigenvalue weighted by atomic mass is 10.0. The minimum absolute atomic E-state index is 0.144. The Morgan fingerprint density at radius 3 is 2.55 bits per heavy atom. The van der Waals surface area contributed by atoms with Crippen LogP contribution in [0.25, 0.3) is 11.1 Å². The molecular formula is C15H17N3O4. The Morgan fingerprint density at radius 1 is 1.36 bits per heavy atom. The van der Waals surface area contributed by atoms with Crippen molar-refractivity contribution in [2.45, 2.75) is 26.3 Å². The van der Waals surface area contributed by atoms with Crippen molar-refractivity contribution in [3.8, 4) is 11.1 Å². The summed E-state index contributed by atoms with van der Waals surface area (Å²) in [5, 5.41) is 15.2. The maximum atomic E-state index is 11.9. The lowest BCUT2D eigenvalue weighted by Gasteiger charge is -2.18. The van der Waals surface area contributed by atoms with Gasteiger partial charge in [0, 0.05) is 23.9 Å². The number of carbonyl (C=O) groups excluding carboxylic acids is 1. The Kier molecular flexibility index (Phi) is 3.99.